The molecule has 3 N–H and O–H groups in total. The largest absolute Gasteiger partial charge is 0.491 e. The van der Waals surface area contributed by atoms with E-state index in [0.29, 0.717) is 38.7 Å². The molecule has 0 bridgehead atoms. The number of carbonyl (C=O) groups excluding carboxylic acids is 1. The Labute approximate surface area is 178 Å². The Morgan fingerprint density at radius 3 is 2.73 bits per heavy atom. The number of sulfone groups is 1. The van der Waals surface area contributed by atoms with Crippen molar-refractivity contribution < 1.29 is 22.7 Å². The van der Waals surface area contributed by atoms with Crippen LogP contribution in [0.2, 0.25) is 0 Å². The van der Waals surface area contributed by atoms with Crippen molar-refractivity contribution in [3.8, 4) is 5.75 Å². The van der Waals surface area contributed by atoms with Crippen LogP contribution >= 0.6 is 0 Å². The van der Waals surface area contributed by atoms with Gasteiger partial charge in [-0.3, -0.25) is 9.79 Å². The molecule has 1 amide bonds. The summed E-state index contributed by atoms with van der Waals surface area (Å²) < 4.78 is 33.8. The van der Waals surface area contributed by atoms with Crippen LogP contribution in [0.1, 0.15) is 24.0 Å². The van der Waals surface area contributed by atoms with Gasteiger partial charge in [-0.1, -0.05) is 12.1 Å². The van der Waals surface area contributed by atoms with Crippen molar-refractivity contribution in [3.05, 3.63) is 29.3 Å². The van der Waals surface area contributed by atoms with Crippen molar-refractivity contribution in [3.63, 3.8) is 0 Å². The molecular formula is C20H32N4O5S. The van der Waals surface area contributed by atoms with Gasteiger partial charge in [0.15, 0.2) is 15.8 Å². The molecule has 1 unspecified atom stereocenters. The van der Waals surface area contributed by atoms with Crippen molar-refractivity contribution >= 4 is 21.7 Å². The first-order valence-corrected chi connectivity index (χ1v) is 11.8. The molecule has 1 aromatic rings. The fourth-order valence-corrected chi connectivity index (χ4v) is 4.75. The summed E-state index contributed by atoms with van der Waals surface area (Å²) in [6.45, 7) is 3.88. The van der Waals surface area contributed by atoms with Crippen LogP contribution in [0.25, 0.3) is 0 Å². The molecule has 2 rings (SSSR count). The maximum absolute atomic E-state index is 12.0. The van der Waals surface area contributed by atoms with Crippen molar-refractivity contribution in [1.82, 2.24) is 16.0 Å². The molecule has 0 saturated carbocycles. The van der Waals surface area contributed by atoms with Crippen LogP contribution in [0.4, 0.5) is 0 Å². The van der Waals surface area contributed by atoms with Crippen molar-refractivity contribution in [2.24, 2.45) is 4.99 Å². The quantitative estimate of drug-likeness (QED) is 0.273. The van der Waals surface area contributed by atoms with Gasteiger partial charge in [0.1, 0.15) is 12.4 Å². The van der Waals surface area contributed by atoms with Gasteiger partial charge in [0.25, 0.3) is 0 Å². The van der Waals surface area contributed by atoms with E-state index in [4.69, 9.17) is 9.47 Å². The van der Waals surface area contributed by atoms with E-state index >= 15 is 0 Å². The lowest BCUT2D eigenvalue weighted by molar-refractivity contribution is -0.121. The average molecular weight is 441 g/mol. The summed E-state index contributed by atoms with van der Waals surface area (Å²) in [5.74, 6) is 1.35. The number of guanidine groups is 1. The zero-order valence-electron chi connectivity index (χ0n) is 17.9. The van der Waals surface area contributed by atoms with Crippen LogP contribution in [0, 0.1) is 6.92 Å². The first-order valence-electron chi connectivity index (χ1n) is 9.98. The molecular weight excluding hydrogens is 408 g/mol. The molecule has 0 radical (unpaired) electrons. The summed E-state index contributed by atoms with van der Waals surface area (Å²) in [7, 11) is 0.286. The highest BCUT2D eigenvalue weighted by atomic mass is 32.2. The molecule has 10 heteroatoms. The molecule has 1 aliphatic heterocycles. The Hall–Kier alpha value is -2.33. The van der Waals surface area contributed by atoms with Gasteiger partial charge in [-0.2, -0.15) is 0 Å². The SMILES string of the molecule is CN=C(NCCC(=O)NC1CCS(=O)(=O)C1)NCc1ccc(C)cc1OCCOC. The number of hydrogen-bond donors (Lipinski definition) is 3. The van der Waals surface area contributed by atoms with Gasteiger partial charge < -0.3 is 25.4 Å². The summed E-state index contributed by atoms with van der Waals surface area (Å²) in [4.78, 5) is 16.2. The molecule has 1 aromatic carbocycles. The number of benzene rings is 1. The number of hydrogen-bond acceptors (Lipinski definition) is 6. The predicted molar refractivity (Wildman–Crippen MR) is 117 cm³/mol. The second-order valence-electron chi connectivity index (χ2n) is 7.22. The van der Waals surface area contributed by atoms with Crippen LogP contribution in [-0.2, 0) is 25.9 Å². The monoisotopic (exact) mass is 440 g/mol. The molecule has 1 heterocycles. The third-order valence-electron chi connectivity index (χ3n) is 4.68. The van der Waals surface area contributed by atoms with E-state index in [-0.39, 0.29) is 29.9 Å². The first kappa shape index (κ1) is 23.9. The van der Waals surface area contributed by atoms with E-state index in [1.807, 2.05) is 25.1 Å². The highest BCUT2D eigenvalue weighted by Crippen LogP contribution is 2.20. The highest BCUT2D eigenvalue weighted by molar-refractivity contribution is 7.91. The van der Waals surface area contributed by atoms with Crippen LogP contribution in [0.3, 0.4) is 0 Å². The van der Waals surface area contributed by atoms with E-state index in [0.717, 1.165) is 16.9 Å². The lowest BCUT2D eigenvalue weighted by Crippen LogP contribution is -2.41. The lowest BCUT2D eigenvalue weighted by atomic mass is 10.1. The fraction of sp³-hybridized carbons (Fsp3) is 0.600. The average Bonchev–Trinajstić information content (AvgIpc) is 3.04. The van der Waals surface area contributed by atoms with E-state index < -0.39 is 9.84 Å². The molecule has 1 aliphatic rings. The van der Waals surface area contributed by atoms with Crippen LogP contribution in [0.15, 0.2) is 23.2 Å². The molecule has 0 aliphatic carbocycles. The summed E-state index contributed by atoms with van der Waals surface area (Å²) >= 11 is 0. The van der Waals surface area contributed by atoms with Gasteiger partial charge in [0.2, 0.25) is 5.91 Å². The molecule has 0 spiro atoms. The van der Waals surface area contributed by atoms with E-state index in [2.05, 4.69) is 20.9 Å². The van der Waals surface area contributed by atoms with Crippen molar-refractivity contribution in [2.45, 2.75) is 32.4 Å². The van der Waals surface area contributed by atoms with Gasteiger partial charge in [-0.15, -0.1) is 0 Å². The normalized spacial score (nSPS) is 18.1. The highest BCUT2D eigenvalue weighted by Gasteiger charge is 2.28. The summed E-state index contributed by atoms with van der Waals surface area (Å²) in [5, 5.41) is 9.08. The maximum Gasteiger partial charge on any atom is 0.222 e. The van der Waals surface area contributed by atoms with Crippen LogP contribution < -0.4 is 20.7 Å². The third kappa shape index (κ3) is 8.19. The number of nitrogens with one attached hydrogen (secondary N) is 3. The summed E-state index contributed by atoms with van der Waals surface area (Å²) in [6.07, 6.45) is 0.712. The van der Waals surface area contributed by atoms with E-state index in [1.165, 1.54) is 0 Å². The smallest absolute Gasteiger partial charge is 0.222 e. The maximum atomic E-state index is 12.0. The number of amides is 1. The lowest BCUT2D eigenvalue weighted by Gasteiger charge is -2.16. The van der Waals surface area contributed by atoms with Crippen molar-refractivity contribution in [1.29, 1.82) is 0 Å². The Balaban J connectivity index is 1.76. The minimum absolute atomic E-state index is 0.0285. The molecule has 1 fully saturated rings. The Kier molecular flexibility index (Phi) is 9.38. The summed E-state index contributed by atoms with van der Waals surface area (Å²) in [6, 6.07) is 5.72. The van der Waals surface area contributed by atoms with Crippen LogP contribution in [-0.4, -0.2) is 71.7 Å². The fourth-order valence-electron chi connectivity index (χ4n) is 3.08. The number of ether oxygens (including phenoxy) is 2. The Morgan fingerprint density at radius 1 is 1.27 bits per heavy atom. The van der Waals surface area contributed by atoms with E-state index in [9.17, 15) is 13.2 Å². The molecule has 0 aromatic heterocycles. The van der Waals surface area contributed by atoms with E-state index in [1.54, 1.807) is 14.2 Å². The Morgan fingerprint density at radius 2 is 2.07 bits per heavy atom. The Bertz CT molecular complexity index is 842. The van der Waals surface area contributed by atoms with Gasteiger partial charge in [0, 0.05) is 45.3 Å². The minimum Gasteiger partial charge on any atom is -0.491 e. The zero-order chi connectivity index (χ0) is 22.0. The minimum atomic E-state index is -3.00. The van der Waals surface area contributed by atoms with Gasteiger partial charge in [0.05, 0.1) is 18.1 Å². The molecule has 168 valence electrons. The second kappa shape index (κ2) is 11.8. The summed E-state index contributed by atoms with van der Waals surface area (Å²) in [5.41, 5.74) is 2.09. The zero-order valence-corrected chi connectivity index (χ0v) is 18.7. The topological polar surface area (TPSA) is 118 Å². The molecule has 30 heavy (non-hydrogen) atoms. The number of carbonyl (C=O) groups is 1. The number of rotatable bonds is 10. The number of methoxy groups -OCH3 is 1. The number of nitrogens with zero attached hydrogens (tertiary/aromatic N) is 1. The predicted octanol–water partition coefficient (Wildman–Crippen LogP) is 0.379. The number of aryl methyl sites for hydroxylation is 1. The first-order chi connectivity index (χ1) is 14.3. The third-order valence-corrected chi connectivity index (χ3v) is 6.45. The second-order valence-corrected chi connectivity index (χ2v) is 9.45. The standard InChI is InChI=1S/C20H32N4O5S/c1-15-4-5-16(18(12-15)29-10-9-28-3)13-23-20(21-2)22-8-6-19(25)24-17-7-11-30(26,27)14-17/h4-5,12,17H,6-11,13-14H2,1-3H3,(H,24,25)(H2,21,22,23). The van der Waals surface area contributed by atoms with Crippen molar-refractivity contribution in [2.75, 3.05) is 45.4 Å². The molecule has 1 atom stereocenters. The van der Waals surface area contributed by atoms with Gasteiger partial charge >= 0.3 is 0 Å². The molecule has 1 saturated heterocycles. The molecule has 9 nitrogen and oxygen atoms in total. The number of aliphatic imine (C=N–C) groups is 1. The van der Waals surface area contributed by atoms with Gasteiger partial charge in [-0.05, 0) is 25.0 Å². The van der Waals surface area contributed by atoms with Gasteiger partial charge in [-0.25, -0.2) is 8.42 Å². The van der Waals surface area contributed by atoms with Crippen LogP contribution in [0.5, 0.6) is 5.75 Å².